The summed E-state index contributed by atoms with van der Waals surface area (Å²) in [6.07, 6.45) is 0. The summed E-state index contributed by atoms with van der Waals surface area (Å²) in [4.78, 5) is 10.7. The molecule has 1 unspecified atom stereocenters. The smallest absolute Gasteiger partial charge is 0.358 e. The molecule has 0 aliphatic rings. The van der Waals surface area contributed by atoms with Gasteiger partial charge in [0.05, 0.1) is 6.54 Å². The molecule has 0 amide bonds. The maximum atomic E-state index is 10.7. The first kappa shape index (κ1) is 13.6. The highest BCUT2D eigenvalue weighted by Gasteiger charge is 2.11. The van der Waals surface area contributed by atoms with Gasteiger partial charge in [-0.2, -0.15) is 0 Å². The highest BCUT2D eigenvalue weighted by atomic mass is 35.5. The fourth-order valence-electron chi connectivity index (χ4n) is 1.62. The number of nitrogens with zero attached hydrogens (tertiary/aromatic N) is 1. The molecule has 1 atom stereocenters. The van der Waals surface area contributed by atoms with Crippen molar-refractivity contribution in [1.29, 1.82) is 0 Å². The van der Waals surface area contributed by atoms with Gasteiger partial charge >= 0.3 is 5.97 Å². The van der Waals surface area contributed by atoms with Crippen LogP contribution in [-0.4, -0.2) is 16.2 Å². The third kappa shape index (κ3) is 3.56. The Balaban J connectivity index is 1.94. The lowest BCUT2D eigenvalue weighted by Crippen LogP contribution is -2.17. The van der Waals surface area contributed by atoms with Crippen molar-refractivity contribution in [3.8, 4) is 0 Å². The van der Waals surface area contributed by atoms with Crippen LogP contribution in [-0.2, 0) is 6.54 Å². The van der Waals surface area contributed by atoms with E-state index in [9.17, 15) is 4.79 Å². The number of halogens is 1. The number of carboxylic acid groups (broad SMARTS) is 1. The normalized spacial score (nSPS) is 12.3. The first-order valence-corrected chi connectivity index (χ1v) is 6.12. The second-order valence-electron chi connectivity index (χ2n) is 4.14. The van der Waals surface area contributed by atoms with Gasteiger partial charge in [-0.05, 0) is 24.6 Å². The molecule has 2 N–H and O–H groups in total. The number of carboxylic acids is 1. The van der Waals surface area contributed by atoms with E-state index in [1.165, 1.54) is 6.07 Å². The third-order valence-electron chi connectivity index (χ3n) is 2.73. The van der Waals surface area contributed by atoms with Gasteiger partial charge in [0.15, 0.2) is 11.5 Å². The third-order valence-corrected chi connectivity index (χ3v) is 2.98. The monoisotopic (exact) mass is 280 g/mol. The Morgan fingerprint density at radius 3 is 2.74 bits per heavy atom. The summed E-state index contributed by atoms with van der Waals surface area (Å²) in [5.74, 6) is -0.612. The van der Waals surface area contributed by atoms with Gasteiger partial charge in [0.2, 0.25) is 0 Å². The minimum absolute atomic E-state index is 0.0871. The van der Waals surface area contributed by atoms with E-state index >= 15 is 0 Å². The average molecular weight is 281 g/mol. The zero-order valence-electron chi connectivity index (χ0n) is 10.3. The zero-order valence-corrected chi connectivity index (χ0v) is 11.0. The Morgan fingerprint density at radius 2 is 2.16 bits per heavy atom. The molecule has 0 aliphatic carbocycles. The Labute approximate surface area is 115 Å². The molecule has 0 saturated heterocycles. The molecular weight excluding hydrogens is 268 g/mol. The predicted octanol–water partition coefficient (Wildman–Crippen LogP) is 2.88. The summed E-state index contributed by atoms with van der Waals surface area (Å²) < 4.78 is 4.92. The van der Waals surface area contributed by atoms with Gasteiger partial charge in [0, 0.05) is 17.1 Å². The molecule has 2 aromatic rings. The summed E-state index contributed by atoms with van der Waals surface area (Å²) in [6.45, 7) is 2.40. The number of aromatic carboxylic acids is 1. The van der Waals surface area contributed by atoms with Crippen molar-refractivity contribution in [2.75, 3.05) is 0 Å². The van der Waals surface area contributed by atoms with E-state index in [-0.39, 0.29) is 11.7 Å². The van der Waals surface area contributed by atoms with Crippen LogP contribution in [0.2, 0.25) is 5.02 Å². The lowest BCUT2D eigenvalue weighted by atomic mass is 10.1. The first-order valence-electron chi connectivity index (χ1n) is 5.74. The summed E-state index contributed by atoms with van der Waals surface area (Å²) in [5, 5.41) is 16.1. The van der Waals surface area contributed by atoms with Crippen molar-refractivity contribution in [3.05, 3.63) is 52.4 Å². The molecular formula is C13H13ClN2O3. The number of hydrogen-bond donors (Lipinski definition) is 2. The van der Waals surface area contributed by atoms with Crippen LogP contribution in [0.4, 0.5) is 0 Å². The van der Waals surface area contributed by atoms with Crippen LogP contribution in [0.1, 0.15) is 34.8 Å². The maximum Gasteiger partial charge on any atom is 0.358 e. The molecule has 0 radical (unpaired) electrons. The molecule has 1 aromatic carbocycles. The number of hydrogen-bond acceptors (Lipinski definition) is 4. The SMILES string of the molecule is CC(NCc1cc(C(=O)O)no1)c1ccc(Cl)cc1. The zero-order chi connectivity index (χ0) is 13.8. The van der Waals surface area contributed by atoms with E-state index < -0.39 is 5.97 Å². The summed E-state index contributed by atoms with van der Waals surface area (Å²) in [5.41, 5.74) is 0.998. The van der Waals surface area contributed by atoms with Crippen LogP contribution in [0, 0.1) is 0 Å². The molecule has 100 valence electrons. The summed E-state index contributed by atoms with van der Waals surface area (Å²) in [6, 6.07) is 9.02. The second-order valence-corrected chi connectivity index (χ2v) is 4.57. The van der Waals surface area contributed by atoms with Crippen molar-refractivity contribution >= 4 is 17.6 Å². The van der Waals surface area contributed by atoms with Crippen molar-refractivity contribution in [2.24, 2.45) is 0 Å². The maximum absolute atomic E-state index is 10.7. The number of nitrogens with one attached hydrogen (secondary N) is 1. The van der Waals surface area contributed by atoms with Crippen LogP contribution in [0.25, 0.3) is 0 Å². The molecule has 1 heterocycles. The van der Waals surface area contributed by atoms with Crippen LogP contribution < -0.4 is 5.32 Å². The van der Waals surface area contributed by atoms with E-state index in [4.69, 9.17) is 21.2 Å². The largest absolute Gasteiger partial charge is 0.476 e. The molecule has 5 nitrogen and oxygen atoms in total. The van der Waals surface area contributed by atoms with Crippen LogP contribution in [0.3, 0.4) is 0 Å². The standard InChI is InChI=1S/C13H13ClN2O3/c1-8(9-2-4-10(14)5-3-9)15-7-11-6-12(13(17)18)16-19-11/h2-6,8,15H,7H2,1H3,(H,17,18). The van der Waals surface area contributed by atoms with E-state index in [1.54, 1.807) is 0 Å². The van der Waals surface area contributed by atoms with Gasteiger partial charge in [0.25, 0.3) is 0 Å². The van der Waals surface area contributed by atoms with Gasteiger partial charge in [-0.1, -0.05) is 28.9 Å². The molecule has 2 rings (SSSR count). The fraction of sp³-hybridized carbons (Fsp3) is 0.231. The van der Waals surface area contributed by atoms with Crippen molar-refractivity contribution in [2.45, 2.75) is 19.5 Å². The molecule has 6 heteroatoms. The first-order chi connectivity index (χ1) is 9.06. The Hall–Kier alpha value is -1.85. The minimum Gasteiger partial charge on any atom is -0.476 e. The van der Waals surface area contributed by atoms with Gasteiger partial charge < -0.3 is 14.9 Å². The highest BCUT2D eigenvalue weighted by molar-refractivity contribution is 6.30. The fourth-order valence-corrected chi connectivity index (χ4v) is 1.75. The molecule has 1 aromatic heterocycles. The number of benzene rings is 1. The Kier molecular flexibility index (Phi) is 4.19. The molecule has 0 spiro atoms. The van der Waals surface area contributed by atoms with Crippen molar-refractivity contribution < 1.29 is 14.4 Å². The lowest BCUT2D eigenvalue weighted by Gasteiger charge is -2.12. The summed E-state index contributed by atoms with van der Waals surface area (Å²) in [7, 11) is 0. The molecule has 0 bridgehead atoms. The molecule has 0 fully saturated rings. The predicted molar refractivity (Wildman–Crippen MR) is 70.2 cm³/mol. The van der Waals surface area contributed by atoms with E-state index in [2.05, 4.69) is 10.5 Å². The number of carbonyl (C=O) groups is 1. The Morgan fingerprint density at radius 1 is 1.47 bits per heavy atom. The minimum atomic E-state index is -1.10. The van der Waals surface area contributed by atoms with E-state index in [0.717, 1.165) is 5.56 Å². The van der Waals surface area contributed by atoms with Crippen LogP contribution >= 0.6 is 11.6 Å². The lowest BCUT2D eigenvalue weighted by molar-refractivity contribution is 0.0685. The quantitative estimate of drug-likeness (QED) is 0.881. The van der Waals surface area contributed by atoms with Crippen molar-refractivity contribution in [3.63, 3.8) is 0 Å². The Bertz CT molecular complexity index is 566. The molecule has 19 heavy (non-hydrogen) atoms. The van der Waals surface area contributed by atoms with Gasteiger partial charge in [-0.15, -0.1) is 0 Å². The van der Waals surface area contributed by atoms with E-state index in [0.29, 0.717) is 17.3 Å². The summed E-state index contributed by atoms with van der Waals surface area (Å²) >= 11 is 5.82. The van der Waals surface area contributed by atoms with Crippen LogP contribution in [0.5, 0.6) is 0 Å². The average Bonchev–Trinajstić information content (AvgIpc) is 2.86. The number of rotatable bonds is 5. The van der Waals surface area contributed by atoms with Crippen LogP contribution in [0.15, 0.2) is 34.9 Å². The van der Waals surface area contributed by atoms with Crippen molar-refractivity contribution in [1.82, 2.24) is 10.5 Å². The molecule has 0 saturated carbocycles. The van der Waals surface area contributed by atoms with Gasteiger partial charge in [-0.3, -0.25) is 0 Å². The second kappa shape index (κ2) is 5.86. The topological polar surface area (TPSA) is 75.4 Å². The van der Waals surface area contributed by atoms with Gasteiger partial charge in [-0.25, -0.2) is 4.79 Å². The molecule has 0 aliphatic heterocycles. The van der Waals surface area contributed by atoms with E-state index in [1.807, 2.05) is 31.2 Å². The van der Waals surface area contributed by atoms with Gasteiger partial charge in [0.1, 0.15) is 0 Å². The number of aromatic nitrogens is 1. The highest BCUT2D eigenvalue weighted by Crippen LogP contribution is 2.16.